The number of carbonyl (C=O) groups is 1. The van der Waals surface area contributed by atoms with Crippen LogP contribution in [0.15, 0.2) is 71.6 Å². The van der Waals surface area contributed by atoms with E-state index in [0.29, 0.717) is 37.4 Å². The number of allylic oxidation sites excluding steroid dienone is 5. The van der Waals surface area contributed by atoms with Crippen LogP contribution in [-0.4, -0.2) is 47.7 Å². The molecule has 0 aromatic heterocycles. The molecule has 0 aliphatic heterocycles. The highest BCUT2D eigenvalue weighted by Gasteiger charge is 2.26. The summed E-state index contributed by atoms with van der Waals surface area (Å²) in [6.45, 7) is 8.63. The largest absolute Gasteiger partial charge is 0.490 e. The van der Waals surface area contributed by atoms with Crippen molar-refractivity contribution in [3.63, 3.8) is 0 Å². The Morgan fingerprint density at radius 1 is 1.38 bits per heavy atom. The van der Waals surface area contributed by atoms with Crippen LogP contribution in [-0.2, 0) is 20.8 Å². The van der Waals surface area contributed by atoms with Gasteiger partial charge in [0.2, 0.25) is 0 Å². The molecule has 0 bridgehead atoms. The summed E-state index contributed by atoms with van der Waals surface area (Å²) in [6, 6.07) is 7.33. The number of nitrogens with zero attached hydrogens (tertiary/aromatic N) is 1. The van der Waals surface area contributed by atoms with Gasteiger partial charge >= 0.3 is 5.97 Å². The van der Waals surface area contributed by atoms with Crippen molar-refractivity contribution < 1.29 is 23.8 Å². The fourth-order valence-corrected chi connectivity index (χ4v) is 3.59. The SMILES string of the molecule is C/C=C\C=C(\C)CN(Cc1cccc(C(C)F)c1)C(=N)COC1=CC=C(C(=O)O)C(OCC)C1. The molecule has 1 aromatic carbocycles. The van der Waals surface area contributed by atoms with Gasteiger partial charge in [0, 0.05) is 26.1 Å². The van der Waals surface area contributed by atoms with Crippen molar-refractivity contribution in [3.05, 3.63) is 82.7 Å². The first-order chi connectivity index (χ1) is 16.2. The van der Waals surface area contributed by atoms with Crippen molar-refractivity contribution in [2.75, 3.05) is 19.8 Å². The third-order valence-electron chi connectivity index (χ3n) is 5.37. The maximum atomic E-state index is 13.8. The Morgan fingerprint density at radius 2 is 2.15 bits per heavy atom. The zero-order valence-corrected chi connectivity index (χ0v) is 20.4. The van der Waals surface area contributed by atoms with Crippen LogP contribution >= 0.6 is 0 Å². The minimum absolute atomic E-state index is 0.0248. The number of halogens is 1. The lowest BCUT2D eigenvalue weighted by molar-refractivity contribution is -0.134. The highest BCUT2D eigenvalue weighted by molar-refractivity contribution is 5.88. The van der Waals surface area contributed by atoms with E-state index >= 15 is 0 Å². The summed E-state index contributed by atoms with van der Waals surface area (Å²) in [5, 5.41) is 18.0. The van der Waals surface area contributed by atoms with E-state index < -0.39 is 18.2 Å². The van der Waals surface area contributed by atoms with E-state index in [4.69, 9.17) is 14.9 Å². The number of carboxylic acid groups (broad SMARTS) is 1. The third-order valence-corrected chi connectivity index (χ3v) is 5.37. The molecular weight excluding hydrogens is 435 g/mol. The van der Waals surface area contributed by atoms with Gasteiger partial charge in [-0.3, -0.25) is 5.41 Å². The fraction of sp³-hybridized carbons (Fsp3) is 0.407. The van der Waals surface area contributed by atoms with E-state index in [0.717, 1.165) is 11.1 Å². The standard InChI is InChI=1S/C27H35FN2O4/c1-5-7-9-19(3)16-30(17-21-10-8-11-22(14-21)20(4)28)26(29)18-34-23-12-13-24(27(31)32)25(15-23)33-6-2/h5,7-14,20,25,29H,6,15-18H2,1-4H3,(H,31,32)/b7-5-,19-9-,29-26?. The van der Waals surface area contributed by atoms with Crippen LogP contribution in [0, 0.1) is 5.41 Å². The minimum atomic E-state index is -1.06. The number of hydrogen-bond donors (Lipinski definition) is 2. The number of hydrogen-bond acceptors (Lipinski definition) is 4. The van der Waals surface area contributed by atoms with E-state index in [-0.39, 0.29) is 18.0 Å². The van der Waals surface area contributed by atoms with E-state index in [2.05, 4.69) is 0 Å². The molecule has 1 aromatic rings. The number of nitrogens with one attached hydrogen (secondary N) is 1. The van der Waals surface area contributed by atoms with Crippen molar-refractivity contribution in [2.24, 2.45) is 0 Å². The van der Waals surface area contributed by atoms with Crippen LogP contribution in [0.5, 0.6) is 0 Å². The predicted molar refractivity (Wildman–Crippen MR) is 132 cm³/mol. The van der Waals surface area contributed by atoms with Gasteiger partial charge in [-0.15, -0.1) is 0 Å². The Balaban J connectivity index is 2.15. The maximum absolute atomic E-state index is 13.8. The molecule has 34 heavy (non-hydrogen) atoms. The Labute approximate surface area is 201 Å². The Morgan fingerprint density at radius 3 is 2.79 bits per heavy atom. The van der Waals surface area contributed by atoms with Gasteiger partial charge in [0.25, 0.3) is 0 Å². The number of aliphatic carboxylic acids is 1. The molecule has 2 unspecified atom stereocenters. The summed E-state index contributed by atoms with van der Waals surface area (Å²) in [6.07, 6.45) is 7.67. The molecule has 2 N–H and O–H groups in total. The van der Waals surface area contributed by atoms with Crippen molar-refractivity contribution >= 4 is 11.8 Å². The number of ether oxygens (including phenoxy) is 2. The summed E-state index contributed by atoms with van der Waals surface area (Å²) < 4.78 is 25.2. The molecule has 7 heteroatoms. The molecule has 0 amide bonds. The van der Waals surface area contributed by atoms with E-state index in [1.165, 1.54) is 13.0 Å². The molecular formula is C27H35FN2O4. The van der Waals surface area contributed by atoms with Crippen LogP contribution in [0.2, 0.25) is 0 Å². The van der Waals surface area contributed by atoms with Crippen LogP contribution in [0.25, 0.3) is 0 Å². The molecule has 1 aliphatic carbocycles. The summed E-state index contributed by atoms with van der Waals surface area (Å²) in [4.78, 5) is 13.3. The van der Waals surface area contributed by atoms with Gasteiger partial charge < -0.3 is 19.5 Å². The summed E-state index contributed by atoms with van der Waals surface area (Å²) in [7, 11) is 0. The molecule has 0 radical (unpaired) electrons. The quantitative estimate of drug-likeness (QED) is 0.231. The van der Waals surface area contributed by atoms with Crippen molar-refractivity contribution in [2.45, 2.75) is 52.9 Å². The van der Waals surface area contributed by atoms with Gasteiger partial charge in [-0.2, -0.15) is 0 Å². The lowest BCUT2D eigenvalue weighted by Crippen LogP contribution is -2.35. The Kier molecular flexibility index (Phi) is 10.7. The smallest absolute Gasteiger partial charge is 0.334 e. The Bertz CT molecular complexity index is 979. The van der Waals surface area contributed by atoms with Crippen LogP contribution in [0.1, 0.15) is 51.4 Å². The second-order valence-corrected chi connectivity index (χ2v) is 8.20. The number of rotatable bonds is 12. The number of carboxylic acids is 1. The predicted octanol–water partition coefficient (Wildman–Crippen LogP) is 5.74. The molecule has 184 valence electrons. The van der Waals surface area contributed by atoms with Gasteiger partial charge in [-0.05, 0) is 51.0 Å². The van der Waals surface area contributed by atoms with Crippen molar-refractivity contribution in [3.8, 4) is 0 Å². The molecule has 0 fully saturated rings. The minimum Gasteiger partial charge on any atom is -0.490 e. The Hall–Kier alpha value is -3.19. The van der Waals surface area contributed by atoms with Gasteiger partial charge in [-0.25, -0.2) is 9.18 Å². The van der Waals surface area contributed by atoms with Crippen LogP contribution < -0.4 is 0 Å². The highest BCUT2D eigenvalue weighted by atomic mass is 19.1. The number of alkyl halides is 1. The normalized spacial score (nSPS) is 17.2. The molecule has 2 atom stereocenters. The van der Waals surface area contributed by atoms with Crippen LogP contribution in [0.4, 0.5) is 4.39 Å². The molecule has 0 spiro atoms. The van der Waals surface area contributed by atoms with E-state index in [9.17, 15) is 14.3 Å². The summed E-state index contributed by atoms with van der Waals surface area (Å²) >= 11 is 0. The fourth-order valence-electron chi connectivity index (χ4n) is 3.59. The first-order valence-electron chi connectivity index (χ1n) is 11.5. The first kappa shape index (κ1) is 27.1. The third kappa shape index (κ3) is 8.30. The topological polar surface area (TPSA) is 82.9 Å². The summed E-state index contributed by atoms with van der Waals surface area (Å²) in [5.41, 5.74) is 2.78. The van der Waals surface area contributed by atoms with E-state index in [1.54, 1.807) is 12.1 Å². The van der Waals surface area contributed by atoms with Gasteiger partial charge in [-0.1, -0.05) is 48.1 Å². The number of amidine groups is 1. The molecule has 0 saturated carbocycles. The summed E-state index contributed by atoms with van der Waals surface area (Å²) in [5.74, 6) is -0.169. The van der Waals surface area contributed by atoms with Crippen LogP contribution in [0.3, 0.4) is 0 Å². The van der Waals surface area contributed by atoms with Crippen molar-refractivity contribution in [1.82, 2.24) is 4.90 Å². The molecule has 2 rings (SSSR count). The average Bonchev–Trinajstić information content (AvgIpc) is 2.81. The monoisotopic (exact) mass is 470 g/mol. The van der Waals surface area contributed by atoms with Gasteiger partial charge in [0.15, 0.2) is 0 Å². The molecule has 6 nitrogen and oxygen atoms in total. The van der Waals surface area contributed by atoms with Crippen molar-refractivity contribution in [1.29, 1.82) is 5.41 Å². The lowest BCUT2D eigenvalue weighted by atomic mass is 10.0. The number of benzene rings is 1. The van der Waals surface area contributed by atoms with Gasteiger partial charge in [0.1, 0.15) is 18.6 Å². The lowest BCUT2D eigenvalue weighted by Gasteiger charge is -2.27. The molecule has 0 saturated heterocycles. The van der Waals surface area contributed by atoms with E-state index in [1.807, 2.05) is 62.1 Å². The maximum Gasteiger partial charge on any atom is 0.334 e. The average molecular weight is 471 g/mol. The first-order valence-corrected chi connectivity index (χ1v) is 11.5. The highest BCUT2D eigenvalue weighted by Crippen LogP contribution is 2.24. The second-order valence-electron chi connectivity index (χ2n) is 8.20. The zero-order valence-electron chi connectivity index (χ0n) is 20.4. The van der Waals surface area contributed by atoms with Gasteiger partial charge in [0.05, 0.1) is 17.4 Å². The molecule has 0 heterocycles. The second kappa shape index (κ2) is 13.5. The zero-order chi connectivity index (χ0) is 25.1. The molecule has 1 aliphatic rings.